The summed E-state index contributed by atoms with van der Waals surface area (Å²) in [6.07, 6.45) is -0.00435. The van der Waals surface area contributed by atoms with Crippen LogP contribution >= 0.6 is 0 Å². The van der Waals surface area contributed by atoms with Gasteiger partial charge in [0.05, 0.1) is 32.9 Å². The molecule has 1 aliphatic heterocycles. The van der Waals surface area contributed by atoms with Crippen LogP contribution in [0.4, 0.5) is 4.79 Å². The molecule has 4 rings (SSSR count). The Balaban J connectivity index is 1.79. The standard InChI is InChI=1S/C31H36N4O5/c1-30(2,3)40-29(36)35-20-25(33-34-32)19-26(35)21-39-31(22-9-7-6-8-10-22,23-11-15-27(37-4)16-12-23)24-13-17-28(38-5)18-14-24/h6-18,25-26H,19-21H2,1-5H3/t25-,26+/m0/s1. The monoisotopic (exact) mass is 544 g/mol. The number of hydrogen-bond acceptors (Lipinski definition) is 6. The van der Waals surface area contributed by atoms with Crippen molar-refractivity contribution in [1.82, 2.24) is 4.90 Å². The number of carbonyl (C=O) groups is 1. The molecule has 40 heavy (non-hydrogen) atoms. The molecule has 9 nitrogen and oxygen atoms in total. The Hall–Kier alpha value is -4.20. The van der Waals surface area contributed by atoms with Gasteiger partial charge in [-0.3, -0.25) is 0 Å². The first-order valence-corrected chi connectivity index (χ1v) is 13.2. The molecule has 3 aromatic carbocycles. The van der Waals surface area contributed by atoms with E-state index < -0.39 is 17.3 Å². The second-order valence-corrected chi connectivity index (χ2v) is 10.7. The summed E-state index contributed by atoms with van der Waals surface area (Å²) in [4.78, 5) is 17.8. The average Bonchev–Trinajstić information content (AvgIpc) is 3.37. The van der Waals surface area contributed by atoms with Crippen LogP contribution in [0.15, 0.2) is 84.0 Å². The molecule has 1 saturated heterocycles. The quantitative estimate of drug-likeness (QED) is 0.129. The summed E-state index contributed by atoms with van der Waals surface area (Å²) in [5, 5.41) is 3.91. The molecule has 0 radical (unpaired) electrons. The van der Waals surface area contributed by atoms with Crippen molar-refractivity contribution in [3.05, 3.63) is 106 Å². The highest BCUT2D eigenvalue weighted by molar-refractivity contribution is 5.69. The Morgan fingerprint density at radius 2 is 1.43 bits per heavy atom. The minimum atomic E-state index is -1.03. The van der Waals surface area contributed by atoms with E-state index in [1.54, 1.807) is 19.1 Å². The Morgan fingerprint density at radius 3 is 1.90 bits per heavy atom. The molecule has 9 heteroatoms. The van der Waals surface area contributed by atoms with Gasteiger partial charge in [-0.05, 0) is 73.7 Å². The van der Waals surface area contributed by atoms with E-state index in [1.165, 1.54) is 0 Å². The zero-order valence-corrected chi connectivity index (χ0v) is 23.6. The van der Waals surface area contributed by atoms with E-state index in [0.717, 1.165) is 28.2 Å². The first kappa shape index (κ1) is 28.8. The Bertz CT molecular complexity index is 1270. The van der Waals surface area contributed by atoms with Gasteiger partial charge in [0.15, 0.2) is 0 Å². The fourth-order valence-corrected chi connectivity index (χ4v) is 5.05. The predicted molar refractivity (Wildman–Crippen MR) is 153 cm³/mol. The van der Waals surface area contributed by atoms with Gasteiger partial charge >= 0.3 is 6.09 Å². The van der Waals surface area contributed by atoms with Crippen molar-refractivity contribution < 1.29 is 23.7 Å². The van der Waals surface area contributed by atoms with Crippen LogP contribution in [0, 0.1) is 0 Å². The highest BCUT2D eigenvalue weighted by Crippen LogP contribution is 2.42. The molecule has 1 fully saturated rings. The maximum absolute atomic E-state index is 13.2. The number of azide groups is 1. The molecule has 210 valence electrons. The van der Waals surface area contributed by atoms with E-state index in [-0.39, 0.29) is 25.2 Å². The fraction of sp³-hybridized carbons (Fsp3) is 0.387. The molecule has 0 saturated carbocycles. The summed E-state index contributed by atoms with van der Waals surface area (Å²) in [6.45, 7) is 5.90. The van der Waals surface area contributed by atoms with E-state index in [2.05, 4.69) is 10.0 Å². The van der Waals surface area contributed by atoms with Crippen molar-refractivity contribution in [1.29, 1.82) is 0 Å². The number of benzene rings is 3. The second kappa shape index (κ2) is 12.3. The maximum Gasteiger partial charge on any atom is 0.410 e. The largest absolute Gasteiger partial charge is 0.497 e. The van der Waals surface area contributed by atoms with Crippen LogP contribution in [-0.4, -0.2) is 56.0 Å². The number of methoxy groups -OCH3 is 2. The van der Waals surface area contributed by atoms with Gasteiger partial charge in [-0.2, -0.15) is 0 Å². The van der Waals surface area contributed by atoms with Crippen molar-refractivity contribution in [2.24, 2.45) is 5.11 Å². The third-order valence-corrected chi connectivity index (χ3v) is 6.90. The lowest BCUT2D eigenvalue weighted by Crippen LogP contribution is -2.44. The summed E-state index contributed by atoms with van der Waals surface area (Å²) >= 11 is 0. The molecule has 0 bridgehead atoms. The molecule has 1 heterocycles. The number of nitrogens with zero attached hydrogens (tertiary/aromatic N) is 4. The number of amides is 1. The first-order chi connectivity index (χ1) is 19.2. The van der Waals surface area contributed by atoms with Gasteiger partial charge in [0.25, 0.3) is 0 Å². The second-order valence-electron chi connectivity index (χ2n) is 10.7. The van der Waals surface area contributed by atoms with Crippen LogP contribution in [0.25, 0.3) is 10.4 Å². The summed E-state index contributed by atoms with van der Waals surface area (Å²) in [5.74, 6) is 1.45. The van der Waals surface area contributed by atoms with Crippen LogP contribution in [0.1, 0.15) is 43.9 Å². The van der Waals surface area contributed by atoms with E-state index in [0.29, 0.717) is 6.42 Å². The summed E-state index contributed by atoms with van der Waals surface area (Å²) in [6, 6.07) is 24.8. The molecule has 0 unspecified atom stereocenters. The predicted octanol–water partition coefficient (Wildman–Crippen LogP) is 6.70. The number of hydrogen-bond donors (Lipinski definition) is 0. The third-order valence-electron chi connectivity index (χ3n) is 6.90. The van der Waals surface area contributed by atoms with Crippen LogP contribution < -0.4 is 9.47 Å². The molecule has 2 atom stereocenters. The number of carbonyl (C=O) groups excluding carboxylic acids is 1. The lowest BCUT2D eigenvalue weighted by molar-refractivity contribution is -0.0251. The van der Waals surface area contributed by atoms with Gasteiger partial charge in [0, 0.05) is 11.5 Å². The van der Waals surface area contributed by atoms with E-state index in [1.807, 2.05) is 99.6 Å². The highest BCUT2D eigenvalue weighted by atomic mass is 16.6. The minimum absolute atomic E-state index is 0.170. The highest BCUT2D eigenvalue weighted by Gasteiger charge is 2.42. The zero-order chi connectivity index (χ0) is 28.8. The molecular formula is C31H36N4O5. The van der Waals surface area contributed by atoms with Gasteiger partial charge in [0.1, 0.15) is 22.7 Å². The topological polar surface area (TPSA) is 106 Å². The number of rotatable bonds is 9. The van der Waals surface area contributed by atoms with Crippen molar-refractivity contribution in [2.45, 2.75) is 50.5 Å². The Kier molecular flexibility index (Phi) is 8.87. The van der Waals surface area contributed by atoms with Gasteiger partial charge in [-0.1, -0.05) is 59.7 Å². The van der Waals surface area contributed by atoms with E-state index >= 15 is 0 Å². The molecule has 1 aliphatic rings. The molecule has 1 amide bonds. The summed E-state index contributed by atoms with van der Waals surface area (Å²) in [7, 11) is 3.26. The van der Waals surface area contributed by atoms with Crippen LogP contribution in [0.3, 0.4) is 0 Å². The van der Waals surface area contributed by atoms with E-state index in [4.69, 9.17) is 24.5 Å². The molecule has 0 aliphatic carbocycles. The van der Waals surface area contributed by atoms with Gasteiger partial charge in [-0.15, -0.1) is 0 Å². The van der Waals surface area contributed by atoms with Crippen LogP contribution in [0.2, 0.25) is 0 Å². The smallest absolute Gasteiger partial charge is 0.410 e. The van der Waals surface area contributed by atoms with Crippen molar-refractivity contribution >= 4 is 6.09 Å². The van der Waals surface area contributed by atoms with Crippen molar-refractivity contribution in [2.75, 3.05) is 27.4 Å². The lowest BCUT2D eigenvalue weighted by Gasteiger charge is -2.38. The fourth-order valence-electron chi connectivity index (χ4n) is 5.05. The Morgan fingerprint density at radius 1 is 0.900 bits per heavy atom. The average molecular weight is 545 g/mol. The molecular weight excluding hydrogens is 508 g/mol. The zero-order valence-electron chi connectivity index (χ0n) is 23.6. The summed E-state index contributed by atoms with van der Waals surface area (Å²) < 4.78 is 23.5. The Labute approximate surface area is 235 Å². The third kappa shape index (κ3) is 6.33. The van der Waals surface area contributed by atoms with Crippen molar-refractivity contribution in [3.8, 4) is 11.5 Å². The lowest BCUT2D eigenvalue weighted by atomic mass is 9.80. The normalized spacial score (nSPS) is 17.2. The molecule has 3 aromatic rings. The van der Waals surface area contributed by atoms with Gasteiger partial charge in [0.2, 0.25) is 0 Å². The SMILES string of the molecule is COc1ccc(C(OC[C@H]2C[C@H](N=[N+]=[N-])CN2C(=O)OC(C)(C)C)(c2ccccc2)c2ccc(OC)cc2)cc1. The summed E-state index contributed by atoms with van der Waals surface area (Å²) in [5.41, 5.74) is 10.1. The van der Waals surface area contributed by atoms with Gasteiger partial charge in [-0.25, -0.2) is 4.79 Å². The molecule has 0 spiro atoms. The molecule has 0 N–H and O–H groups in total. The number of likely N-dealkylation sites (tertiary alicyclic amines) is 1. The number of ether oxygens (including phenoxy) is 4. The van der Waals surface area contributed by atoms with Gasteiger partial charge < -0.3 is 23.8 Å². The first-order valence-electron chi connectivity index (χ1n) is 13.2. The van der Waals surface area contributed by atoms with Crippen molar-refractivity contribution in [3.63, 3.8) is 0 Å². The van der Waals surface area contributed by atoms with Crippen LogP contribution in [0.5, 0.6) is 11.5 Å². The molecule has 0 aromatic heterocycles. The maximum atomic E-state index is 13.2. The van der Waals surface area contributed by atoms with E-state index in [9.17, 15) is 4.79 Å². The van der Waals surface area contributed by atoms with Crippen LogP contribution in [-0.2, 0) is 15.1 Å². The minimum Gasteiger partial charge on any atom is -0.497 e.